The Morgan fingerprint density at radius 1 is 1.19 bits per heavy atom. The van der Waals surface area contributed by atoms with Crippen LogP contribution >= 0.6 is 0 Å². The topological polar surface area (TPSA) is 76.0 Å². The van der Waals surface area contributed by atoms with Crippen molar-refractivity contribution < 1.29 is 24.5 Å². The molecule has 1 aromatic rings. The number of Topliss-reactive ketones (excluding diaryl/α,β-unsaturated/α-hetero) is 1. The Balaban J connectivity index is 1.92. The molecule has 0 aromatic heterocycles. The van der Waals surface area contributed by atoms with Crippen LogP contribution in [0.25, 0.3) is 0 Å². The number of hydrogen-bond acceptors (Lipinski definition) is 5. The number of carbonyl (C=O) groups excluding carboxylic acids is 1. The summed E-state index contributed by atoms with van der Waals surface area (Å²) in [4.78, 5) is 12.6. The summed E-state index contributed by atoms with van der Waals surface area (Å²) in [7, 11) is 0. The molecule has 1 saturated heterocycles. The van der Waals surface area contributed by atoms with Crippen LogP contribution in [0, 0.1) is 17.3 Å². The van der Waals surface area contributed by atoms with Gasteiger partial charge in [-0.15, -0.1) is 0 Å². The fourth-order valence-electron chi connectivity index (χ4n) is 5.61. The third-order valence-corrected chi connectivity index (χ3v) is 6.41. The molecule has 27 heavy (non-hydrogen) atoms. The zero-order chi connectivity index (χ0) is 19.9. The Bertz CT molecular complexity index is 822. The molecular weight excluding hydrogens is 344 g/mol. The van der Waals surface area contributed by atoms with Gasteiger partial charge in [0.15, 0.2) is 5.78 Å². The molecule has 1 aromatic carbocycles. The molecule has 2 fully saturated rings. The number of fused-ring (bicyclic) bond motifs is 2. The third-order valence-electron chi connectivity index (χ3n) is 6.41. The minimum Gasteiger partial charge on any atom is -0.507 e. The Labute approximate surface area is 160 Å². The highest BCUT2D eigenvalue weighted by Crippen LogP contribution is 2.66. The van der Waals surface area contributed by atoms with Crippen LogP contribution in [-0.2, 0) is 4.74 Å². The highest BCUT2D eigenvalue weighted by atomic mass is 16.7. The first-order chi connectivity index (χ1) is 12.4. The number of phenols is 2. The minimum absolute atomic E-state index is 0.0152. The van der Waals surface area contributed by atoms with E-state index < -0.39 is 5.79 Å². The number of ether oxygens (including phenoxy) is 2. The molecule has 5 heteroatoms. The predicted octanol–water partition coefficient (Wildman–Crippen LogP) is 4.74. The third kappa shape index (κ3) is 2.65. The van der Waals surface area contributed by atoms with Crippen molar-refractivity contribution in [3.8, 4) is 17.2 Å². The smallest absolute Gasteiger partial charge is 0.215 e. The molecule has 148 valence electrons. The number of hydrogen-bond donors (Lipinski definition) is 2. The largest absolute Gasteiger partial charge is 0.507 e. The molecular formula is C22H30O5. The molecule has 3 unspecified atom stereocenters. The second-order valence-corrected chi connectivity index (χ2v) is 10.3. The zero-order valence-electron chi connectivity index (χ0n) is 17.0. The summed E-state index contributed by atoms with van der Waals surface area (Å²) in [5, 5.41) is 21.5. The second-order valence-electron chi connectivity index (χ2n) is 10.3. The molecule has 0 spiro atoms. The van der Waals surface area contributed by atoms with Crippen LogP contribution in [-0.4, -0.2) is 27.4 Å². The molecule has 1 aliphatic carbocycles. The lowest BCUT2D eigenvalue weighted by Gasteiger charge is -2.53. The van der Waals surface area contributed by atoms with Gasteiger partial charge < -0.3 is 19.7 Å². The highest BCUT2D eigenvalue weighted by Gasteiger charge is 2.65. The quantitative estimate of drug-likeness (QED) is 0.731. The van der Waals surface area contributed by atoms with Gasteiger partial charge in [0, 0.05) is 35.8 Å². The minimum atomic E-state index is -0.745. The van der Waals surface area contributed by atoms with Crippen molar-refractivity contribution in [1.29, 1.82) is 0 Å². The van der Waals surface area contributed by atoms with Crippen molar-refractivity contribution in [2.45, 2.75) is 78.1 Å². The number of aromatic hydroxyl groups is 2. The average molecular weight is 374 g/mol. The highest BCUT2D eigenvalue weighted by molar-refractivity contribution is 6.03. The van der Waals surface area contributed by atoms with Crippen LogP contribution < -0.4 is 4.74 Å². The molecule has 2 aliphatic heterocycles. The Kier molecular flexibility index (Phi) is 3.72. The van der Waals surface area contributed by atoms with Gasteiger partial charge in [-0.05, 0) is 32.1 Å². The molecule has 2 bridgehead atoms. The fourth-order valence-corrected chi connectivity index (χ4v) is 5.61. The molecule has 1 saturated carbocycles. The van der Waals surface area contributed by atoms with Gasteiger partial charge in [-0.25, -0.2) is 0 Å². The maximum absolute atomic E-state index is 12.6. The Morgan fingerprint density at radius 3 is 2.48 bits per heavy atom. The van der Waals surface area contributed by atoms with E-state index >= 15 is 0 Å². The van der Waals surface area contributed by atoms with Gasteiger partial charge in [0.2, 0.25) is 5.79 Å². The monoisotopic (exact) mass is 374 g/mol. The first kappa shape index (κ1) is 18.6. The van der Waals surface area contributed by atoms with E-state index in [2.05, 4.69) is 27.7 Å². The fraction of sp³-hybridized carbons (Fsp3) is 0.682. The number of phenolic OH excluding ortho intramolecular Hbond substituents is 2. The maximum atomic E-state index is 12.6. The number of ketones is 1. The standard InChI is InChI=1S/C22H30O5/c1-11(2)18(24)17-14(23)7-15-16(19(17)25)12-8-20(3,4)10-22(26-15)13(12)9-21(5,6)27-22/h7,11-13,23,25H,8-10H2,1-6H3. The number of benzene rings is 1. The van der Waals surface area contributed by atoms with Gasteiger partial charge in [-0.3, -0.25) is 4.79 Å². The normalized spacial score (nSPS) is 32.6. The number of carbonyl (C=O) groups is 1. The lowest BCUT2D eigenvalue weighted by Crippen LogP contribution is -2.54. The Morgan fingerprint density at radius 2 is 1.85 bits per heavy atom. The summed E-state index contributed by atoms with van der Waals surface area (Å²) in [5.74, 6) is -1.09. The van der Waals surface area contributed by atoms with Gasteiger partial charge in [-0.1, -0.05) is 27.7 Å². The van der Waals surface area contributed by atoms with Crippen LogP contribution in [0.2, 0.25) is 0 Å². The number of rotatable bonds is 2. The van der Waals surface area contributed by atoms with Crippen molar-refractivity contribution in [1.82, 2.24) is 0 Å². The zero-order valence-corrected chi connectivity index (χ0v) is 17.0. The van der Waals surface area contributed by atoms with Crippen molar-refractivity contribution >= 4 is 5.78 Å². The molecule has 2 heterocycles. The van der Waals surface area contributed by atoms with Crippen LogP contribution in [0.1, 0.15) is 82.6 Å². The lowest BCUT2D eigenvalue weighted by molar-refractivity contribution is -0.251. The van der Waals surface area contributed by atoms with Gasteiger partial charge in [0.1, 0.15) is 22.8 Å². The summed E-state index contributed by atoms with van der Waals surface area (Å²) < 4.78 is 12.8. The average Bonchev–Trinajstić information content (AvgIpc) is 2.75. The molecule has 2 N–H and O–H groups in total. The van der Waals surface area contributed by atoms with Crippen molar-refractivity contribution in [2.75, 3.05) is 0 Å². The molecule has 0 radical (unpaired) electrons. The van der Waals surface area contributed by atoms with E-state index in [4.69, 9.17) is 9.47 Å². The van der Waals surface area contributed by atoms with E-state index in [-0.39, 0.29) is 51.6 Å². The van der Waals surface area contributed by atoms with Crippen molar-refractivity contribution in [3.05, 3.63) is 17.2 Å². The first-order valence-corrected chi connectivity index (χ1v) is 9.88. The Hall–Kier alpha value is -1.75. The summed E-state index contributed by atoms with van der Waals surface area (Å²) in [6, 6.07) is 1.49. The van der Waals surface area contributed by atoms with Crippen LogP contribution in [0.5, 0.6) is 17.2 Å². The van der Waals surface area contributed by atoms with E-state index in [0.29, 0.717) is 11.3 Å². The molecule has 4 rings (SSSR count). The van der Waals surface area contributed by atoms with Crippen LogP contribution in [0.4, 0.5) is 0 Å². The molecule has 3 aliphatic rings. The van der Waals surface area contributed by atoms with Gasteiger partial charge >= 0.3 is 0 Å². The SMILES string of the molecule is CC(C)C(=O)c1c(O)cc2c(c1O)C1CC(C)(C)CC3(O2)OC(C)(C)CC13. The summed E-state index contributed by atoms with van der Waals surface area (Å²) in [5.41, 5.74) is 0.332. The summed E-state index contributed by atoms with van der Waals surface area (Å²) >= 11 is 0. The van der Waals surface area contributed by atoms with E-state index in [0.717, 1.165) is 19.3 Å². The van der Waals surface area contributed by atoms with E-state index in [9.17, 15) is 15.0 Å². The van der Waals surface area contributed by atoms with Crippen molar-refractivity contribution in [3.63, 3.8) is 0 Å². The molecule has 0 amide bonds. The molecule has 5 nitrogen and oxygen atoms in total. The maximum Gasteiger partial charge on any atom is 0.215 e. The summed E-state index contributed by atoms with van der Waals surface area (Å²) in [6.45, 7) is 12.1. The van der Waals surface area contributed by atoms with Crippen LogP contribution in [0.3, 0.4) is 0 Å². The van der Waals surface area contributed by atoms with Crippen LogP contribution in [0.15, 0.2) is 6.07 Å². The molecule has 3 atom stereocenters. The van der Waals surface area contributed by atoms with E-state index in [1.165, 1.54) is 6.07 Å². The van der Waals surface area contributed by atoms with Gasteiger partial charge in [0.25, 0.3) is 0 Å². The van der Waals surface area contributed by atoms with E-state index in [1.54, 1.807) is 13.8 Å². The van der Waals surface area contributed by atoms with E-state index in [1.807, 2.05) is 0 Å². The lowest BCUT2D eigenvalue weighted by atomic mass is 9.60. The van der Waals surface area contributed by atoms with Gasteiger partial charge in [-0.2, -0.15) is 0 Å². The first-order valence-electron chi connectivity index (χ1n) is 9.88. The van der Waals surface area contributed by atoms with Gasteiger partial charge in [0.05, 0.1) is 5.60 Å². The summed E-state index contributed by atoms with van der Waals surface area (Å²) in [6.07, 6.45) is 2.47. The van der Waals surface area contributed by atoms with Crippen molar-refractivity contribution in [2.24, 2.45) is 17.3 Å². The second kappa shape index (κ2) is 5.40. The predicted molar refractivity (Wildman–Crippen MR) is 101 cm³/mol.